The molecular formula is C3H6AgO2-2. The molecule has 0 rings (SSSR count). The van der Waals surface area contributed by atoms with Gasteiger partial charge in [-0.15, -0.1) is 0 Å². The van der Waals surface area contributed by atoms with Gasteiger partial charge in [-0.25, -0.2) is 6.29 Å². The molecule has 0 saturated carbocycles. The van der Waals surface area contributed by atoms with Crippen molar-refractivity contribution in [2.24, 2.45) is 0 Å². The molecule has 0 atom stereocenters. The van der Waals surface area contributed by atoms with Crippen LogP contribution in [-0.2, 0) is 22.4 Å². The third kappa shape index (κ3) is 8.82. The molecule has 0 amide bonds. The van der Waals surface area contributed by atoms with Crippen molar-refractivity contribution in [2.75, 3.05) is 0 Å². The Bertz CT molecular complexity index is 22.8. The maximum absolute atomic E-state index is 9.34. The zero-order chi connectivity index (χ0) is 4.28. The molecular weight excluding hydrogens is 176 g/mol. The molecule has 0 aliphatic rings. The van der Waals surface area contributed by atoms with Crippen LogP contribution in [0.2, 0.25) is 0 Å². The summed E-state index contributed by atoms with van der Waals surface area (Å²) in [6, 6.07) is 0. The summed E-state index contributed by atoms with van der Waals surface area (Å²) in [5, 5.41) is 18.7. The topological polar surface area (TPSA) is 46.1 Å². The Kier molecular flexibility index (Phi) is 9.27. The van der Waals surface area contributed by atoms with Crippen LogP contribution >= 0.6 is 0 Å². The minimum absolute atomic E-state index is 0. The van der Waals surface area contributed by atoms with Crippen LogP contribution in [0.15, 0.2) is 0 Å². The van der Waals surface area contributed by atoms with E-state index in [4.69, 9.17) is 0 Å². The van der Waals surface area contributed by atoms with Crippen molar-refractivity contribution in [1.29, 1.82) is 0 Å². The van der Waals surface area contributed by atoms with Crippen molar-refractivity contribution in [1.82, 2.24) is 0 Å². The Hall–Kier alpha value is 0.660. The van der Waals surface area contributed by atoms with E-state index >= 15 is 0 Å². The van der Waals surface area contributed by atoms with Crippen molar-refractivity contribution in [3.05, 3.63) is 0 Å². The van der Waals surface area contributed by atoms with Crippen molar-refractivity contribution < 1.29 is 32.6 Å². The third-order valence-corrected chi connectivity index (χ3v) is 0.333. The molecule has 0 aliphatic heterocycles. The number of hydrogen-bond donors (Lipinski definition) is 0. The Labute approximate surface area is 52.7 Å². The van der Waals surface area contributed by atoms with Crippen LogP contribution in [0.5, 0.6) is 0 Å². The minimum Gasteiger partial charge on any atom is -0.865 e. The molecule has 0 aromatic rings. The van der Waals surface area contributed by atoms with Gasteiger partial charge in [0.2, 0.25) is 0 Å². The Morgan fingerprint density at radius 3 is 1.67 bits per heavy atom. The second kappa shape index (κ2) is 5.66. The van der Waals surface area contributed by atoms with E-state index in [-0.39, 0.29) is 28.8 Å². The Balaban J connectivity index is 0. The molecule has 0 saturated heterocycles. The van der Waals surface area contributed by atoms with Gasteiger partial charge in [-0.05, 0) is 0 Å². The predicted molar refractivity (Wildman–Crippen MR) is 14.1 cm³/mol. The Morgan fingerprint density at radius 1 is 1.50 bits per heavy atom. The molecule has 0 N–H and O–H groups in total. The van der Waals surface area contributed by atoms with Gasteiger partial charge in [-0.3, -0.25) is 0 Å². The summed E-state index contributed by atoms with van der Waals surface area (Å²) in [4.78, 5) is 0. The van der Waals surface area contributed by atoms with E-state index in [1.54, 1.807) is 6.92 Å². The molecule has 2 nitrogen and oxygen atoms in total. The van der Waals surface area contributed by atoms with Gasteiger partial charge in [0.05, 0.1) is 0 Å². The molecule has 0 aromatic heterocycles. The summed E-state index contributed by atoms with van der Waals surface area (Å²) in [5.74, 6) is 0. The molecule has 6 heavy (non-hydrogen) atoms. The summed E-state index contributed by atoms with van der Waals surface area (Å²) >= 11 is 0. The fourth-order valence-electron chi connectivity index (χ4n) is 0. The molecule has 3 heteroatoms. The zero-order valence-electron chi connectivity index (χ0n) is 3.40. The summed E-state index contributed by atoms with van der Waals surface area (Å²) in [5.41, 5.74) is 0. The molecule has 0 bridgehead atoms. The van der Waals surface area contributed by atoms with Gasteiger partial charge in [-0.2, -0.15) is 0 Å². The van der Waals surface area contributed by atoms with E-state index in [2.05, 4.69) is 0 Å². The van der Waals surface area contributed by atoms with E-state index in [1.807, 2.05) is 0 Å². The summed E-state index contributed by atoms with van der Waals surface area (Å²) in [6.07, 6.45) is -1.42. The second-order valence-electron chi connectivity index (χ2n) is 0.838. The van der Waals surface area contributed by atoms with E-state index in [1.165, 1.54) is 0 Å². The summed E-state index contributed by atoms with van der Waals surface area (Å²) in [6.45, 7) is 1.57. The molecule has 0 fully saturated rings. The van der Waals surface area contributed by atoms with Gasteiger partial charge in [0.1, 0.15) is 0 Å². The fraction of sp³-hybridized carbons (Fsp3) is 1.00. The normalized spacial score (nSPS) is 8.00. The van der Waals surface area contributed by atoms with Crippen LogP contribution in [0.4, 0.5) is 0 Å². The van der Waals surface area contributed by atoms with Gasteiger partial charge in [0, 0.05) is 22.4 Å². The maximum Gasteiger partial charge on any atom is 0 e. The SMILES string of the molecule is CCC([O-])[O-].[Ag]. The molecule has 43 valence electrons. The van der Waals surface area contributed by atoms with E-state index in [0.717, 1.165) is 0 Å². The summed E-state index contributed by atoms with van der Waals surface area (Å²) < 4.78 is 0. The average Bonchev–Trinajstić information content (AvgIpc) is 1.38. The summed E-state index contributed by atoms with van der Waals surface area (Å²) in [7, 11) is 0. The quantitative estimate of drug-likeness (QED) is 0.363. The number of rotatable bonds is 1. The minimum atomic E-state index is -1.62. The van der Waals surface area contributed by atoms with Crippen molar-refractivity contribution in [3.8, 4) is 0 Å². The first-order valence-electron chi connectivity index (χ1n) is 1.59. The van der Waals surface area contributed by atoms with Crippen molar-refractivity contribution in [2.45, 2.75) is 19.6 Å². The van der Waals surface area contributed by atoms with Gasteiger partial charge < -0.3 is 10.2 Å². The molecule has 0 aliphatic carbocycles. The van der Waals surface area contributed by atoms with E-state index in [0.29, 0.717) is 0 Å². The maximum atomic E-state index is 9.34. The van der Waals surface area contributed by atoms with Crippen LogP contribution in [-0.4, -0.2) is 6.29 Å². The monoisotopic (exact) mass is 181 g/mol. The first-order valence-corrected chi connectivity index (χ1v) is 1.59. The predicted octanol–water partition coefficient (Wildman–Crippen LogP) is -1.56. The largest absolute Gasteiger partial charge is 0.865 e. The molecule has 0 heterocycles. The van der Waals surface area contributed by atoms with Crippen LogP contribution in [0.1, 0.15) is 13.3 Å². The van der Waals surface area contributed by atoms with E-state index in [9.17, 15) is 10.2 Å². The van der Waals surface area contributed by atoms with Gasteiger partial charge in [0.15, 0.2) is 0 Å². The standard InChI is InChI=1S/C3H6O2.Ag/c1-2-3(4)5;/h3H,2H2,1H3;/q-2;. The molecule has 0 aromatic carbocycles. The molecule has 1 radical (unpaired) electrons. The number of hydrogen-bond acceptors (Lipinski definition) is 2. The Morgan fingerprint density at radius 2 is 1.67 bits per heavy atom. The fourth-order valence-corrected chi connectivity index (χ4v) is 0. The molecule has 0 unspecified atom stereocenters. The van der Waals surface area contributed by atoms with Crippen LogP contribution in [0.25, 0.3) is 0 Å². The first-order chi connectivity index (χ1) is 2.27. The van der Waals surface area contributed by atoms with Gasteiger partial charge >= 0.3 is 0 Å². The van der Waals surface area contributed by atoms with Gasteiger partial charge in [-0.1, -0.05) is 13.3 Å². The van der Waals surface area contributed by atoms with Gasteiger partial charge in [0.25, 0.3) is 0 Å². The smallest absolute Gasteiger partial charge is 0 e. The molecule has 0 spiro atoms. The van der Waals surface area contributed by atoms with Crippen LogP contribution in [0.3, 0.4) is 0 Å². The van der Waals surface area contributed by atoms with Crippen LogP contribution in [0, 0.1) is 0 Å². The van der Waals surface area contributed by atoms with Crippen molar-refractivity contribution >= 4 is 0 Å². The second-order valence-corrected chi connectivity index (χ2v) is 0.838. The van der Waals surface area contributed by atoms with Crippen molar-refractivity contribution in [3.63, 3.8) is 0 Å². The third-order valence-electron chi connectivity index (χ3n) is 0.333. The van der Waals surface area contributed by atoms with Crippen LogP contribution < -0.4 is 10.2 Å². The average molecular weight is 182 g/mol. The van der Waals surface area contributed by atoms with E-state index < -0.39 is 6.29 Å². The zero-order valence-corrected chi connectivity index (χ0v) is 4.88. The first kappa shape index (κ1) is 9.83.